The van der Waals surface area contributed by atoms with Gasteiger partial charge in [0.25, 0.3) is 0 Å². The van der Waals surface area contributed by atoms with Crippen molar-refractivity contribution in [3.05, 3.63) is 208 Å². The molecule has 3 aliphatic rings. The van der Waals surface area contributed by atoms with Crippen LogP contribution in [0.1, 0.15) is 132 Å². The molecule has 396 valence electrons. The first-order valence-corrected chi connectivity index (χ1v) is 27.4. The zero-order valence-electron chi connectivity index (χ0n) is 45.4. The number of carbonyl (C=O) groups excluding carboxylic acids is 2. The van der Waals surface area contributed by atoms with Crippen LogP contribution in [0.3, 0.4) is 0 Å². The van der Waals surface area contributed by atoms with Crippen molar-refractivity contribution >= 4 is 28.8 Å². The van der Waals surface area contributed by atoms with E-state index in [0.29, 0.717) is 35.2 Å². The Balaban J connectivity index is 0.859. The van der Waals surface area contributed by atoms with E-state index in [2.05, 4.69) is 62.4 Å². The van der Waals surface area contributed by atoms with Crippen molar-refractivity contribution in [3.63, 3.8) is 0 Å². The molecule has 0 aromatic heterocycles. The van der Waals surface area contributed by atoms with E-state index in [4.69, 9.17) is 33.2 Å². The van der Waals surface area contributed by atoms with Crippen molar-refractivity contribution in [2.45, 2.75) is 88.8 Å². The number of fused-ring (bicyclic) bond motifs is 8. The third-order valence-corrected chi connectivity index (χ3v) is 16.7. The summed E-state index contributed by atoms with van der Waals surface area (Å²) in [5.41, 5.74) is 8.89. The number of ether oxygens (including phenoxy) is 7. The normalized spacial score (nSPS) is 17.8. The topological polar surface area (TPSA) is 98.8 Å². The zero-order valence-corrected chi connectivity index (χ0v) is 45.4. The molecule has 0 N–H and O–H groups in total. The predicted molar refractivity (Wildman–Crippen MR) is 308 cm³/mol. The molecule has 78 heavy (non-hydrogen) atoms. The minimum Gasteiger partial charge on any atom is -0.497 e. The van der Waals surface area contributed by atoms with Crippen molar-refractivity contribution in [1.29, 1.82) is 0 Å². The number of methoxy groups -OCH3 is 4. The zero-order chi connectivity index (χ0) is 54.0. The minimum atomic E-state index is -1.09. The largest absolute Gasteiger partial charge is 0.497 e. The van der Waals surface area contributed by atoms with Gasteiger partial charge in [-0.2, -0.15) is 0 Å². The van der Waals surface area contributed by atoms with Gasteiger partial charge in [0.15, 0.2) is 17.1 Å². The average molecular weight is 1040 g/mol. The lowest BCUT2D eigenvalue weighted by Gasteiger charge is -2.39. The van der Waals surface area contributed by atoms with Gasteiger partial charge in [0.05, 0.1) is 32.5 Å². The molecule has 0 amide bonds. The molecule has 1 unspecified atom stereocenters. The quantitative estimate of drug-likeness (QED) is 0.0501. The molecule has 0 saturated heterocycles. The molecule has 9 nitrogen and oxygen atoms in total. The Kier molecular flexibility index (Phi) is 14.7. The summed E-state index contributed by atoms with van der Waals surface area (Å²) < 4.78 is 43.4. The van der Waals surface area contributed by atoms with E-state index in [1.54, 1.807) is 64.8 Å². The number of esters is 2. The maximum Gasteiger partial charge on any atom is 0.343 e. The van der Waals surface area contributed by atoms with E-state index in [9.17, 15) is 9.59 Å². The number of hydrogen-bond acceptors (Lipinski definition) is 9. The summed E-state index contributed by atoms with van der Waals surface area (Å²) in [6.07, 6.45) is 15.5. The first kappa shape index (κ1) is 51.9. The summed E-state index contributed by atoms with van der Waals surface area (Å²) in [5, 5.41) is 1.54. The monoisotopic (exact) mass is 1040 g/mol. The first-order chi connectivity index (χ1) is 38.1. The molecule has 0 spiro atoms. The molecule has 11 rings (SSSR count). The van der Waals surface area contributed by atoms with Gasteiger partial charge in [-0.25, -0.2) is 9.59 Å². The third-order valence-electron chi connectivity index (χ3n) is 16.7. The van der Waals surface area contributed by atoms with E-state index < -0.39 is 23.1 Å². The van der Waals surface area contributed by atoms with Gasteiger partial charge in [-0.3, -0.25) is 0 Å². The molecule has 1 heterocycles. The van der Waals surface area contributed by atoms with Gasteiger partial charge in [0, 0.05) is 34.7 Å². The molecular formula is C69H66O9. The van der Waals surface area contributed by atoms with Crippen LogP contribution >= 0.6 is 0 Å². The van der Waals surface area contributed by atoms with E-state index in [0.717, 1.165) is 78.3 Å². The predicted octanol–water partition coefficient (Wildman–Crippen LogP) is 16.5. The van der Waals surface area contributed by atoms with Crippen LogP contribution < -0.4 is 28.4 Å². The summed E-state index contributed by atoms with van der Waals surface area (Å²) >= 11 is 0. The molecular weight excluding hydrogens is 973 g/mol. The lowest BCUT2D eigenvalue weighted by molar-refractivity contribution is 0.0219. The molecule has 2 aliphatic carbocycles. The number of benzene rings is 8. The molecule has 0 radical (unpaired) electrons. The number of hydrogen-bond donors (Lipinski definition) is 0. The Morgan fingerprint density at radius 3 is 1.76 bits per heavy atom. The molecule has 8 aromatic carbocycles. The molecule has 8 aromatic rings. The minimum absolute atomic E-state index is 0.217. The van der Waals surface area contributed by atoms with Gasteiger partial charge in [-0.15, -0.1) is 0 Å². The Morgan fingerprint density at radius 1 is 0.590 bits per heavy atom. The smallest absolute Gasteiger partial charge is 0.343 e. The van der Waals surface area contributed by atoms with Crippen molar-refractivity contribution in [2.24, 2.45) is 5.92 Å². The fourth-order valence-corrected chi connectivity index (χ4v) is 12.3. The van der Waals surface area contributed by atoms with Gasteiger partial charge in [-0.05, 0) is 162 Å². The van der Waals surface area contributed by atoms with Gasteiger partial charge in [0.1, 0.15) is 28.6 Å². The lowest BCUT2D eigenvalue weighted by Crippen LogP contribution is -2.35. The lowest BCUT2D eigenvalue weighted by atomic mass is 9.77. The maximum absolute atomic E-state index is 14.2. The molecule has 1 atom stereocenters. The summed E-state index contributed by atoms with van der Waals surface area (Å²) in [6.45, 7) is 4.41. The summed E-state index contributed by atoms with van der Waals surface area (Å²) in [5.74, 6) is 3.29. The fraction of sp³-hybridized carbons (Fsp3) is 0.275. The highest BCUT2D eigenvalue weighted by molar-refractivity contribution is 6.10. The van der Waals surface area contributed by atoms with E-state index in [-0.39, 0.29) is 11.3 Å². The Morgan fingerprint density at radius 2 is 1.17 bits per heavy atom. The Hall–Kier alpha value is -8.14. The van der Waals surface area contributed by atoms with Crippen molar-refractivity contribution in [2.75, 3.05) is 28.4 Å². The van der Waals surface area contributed by atoms with Crippen LogP contribution in [0.5, 0.6) is 34.5 Å². The standard InChI is InChI=1S/C69H66O9/c1-7-9-10-13-44-16-18-45(19-17-44)46-20-22-47(23-21-46)48-24-26-49(27-25-48)66(70)76-55-34-28-50(29-35-55)67(71)77-62-42-58-59(43-61(62)74-5)65-57(64-63(58)56-14-11-12-15-60(56)68(64,8-2)75-6)40-41-69(78-65,51-30-36-53(72-3)37-31-51)52-32-38-54(73-4)39-33-52/h11-12,14-15,20-45H,7-10,13,16-19H2,1-6H3. The number of rotatable bonds is 17. The van der Waals surface area contributed by atoms with Crippen molar-refractivity contribution in [3.8, 4) is 56.8 Å². The fourth-order valence-electron chi connectivity index (χ4n) is 12.3. The third kappa shape index (κ3) is 9.48. The highest BCUT2D eigenvalue weighted by Gasteiger charge is 2.48. The van der Waals surface area contributed by atoms with E-state index >= 15 is 0 Å². The molecule has 1 saturated carbocycles. The van der Waals surface area contributed by atoms with Crippen LogP contribution in [-0.2, 0) is 15.9 Å². The molecule has 9 heteroatoms. The SMILES string of the molecule is CCCCCC1CCC(c2ccc(-c3ccc(C(=O)Oc4ccc(C(=O)Oc5cc6c7c(c8c(c6cc5OC)OC(c5ccc(OC)cc5)(c5ccc(OC)cc5)C=C8)C(CC)(OC)c5ccccc5-7)cc4)cc3)cc2)CC1. The number of carbonyl (C=O) groups is 2. The second kappa shape index (κ2) is 22.1. The van der Waals surface area contributed by atoms with Gasteiger partial charge in [-0.1, -0.05) is 131 Å². The van der Waals surface area contributed by atoms with Crippen LogP contribution in [0, 0.1) is 5.92 Å². The molecule has 0 bridgehead atoms. The molecule has 1 aliphatic heterocycles. The summed E-state index contributed by atoms with van der Waals surface area (Å²) in [4.78, 5) is 27.6. The second-order valence-corrected chi connectivity index (χ2v) is 20.8. The van der Waals surface area contributed by atoms with Gasteiger partial charge >= 0.3 is 11.9 Å². The average Bonchev–Trinajstić information content (AvgIpc) is 4.03. The van der Waals surface area contributed by atoms with E-state index in [1.165, 1.54) is 56.9 Å². The van der Waals surface area contributed by atoms with Gasteiger partial charge < -0.3 is 33.2 Å². The van der Waals surface area contributed by atoms with Crippen LogP contribution in [-0.4, -0.2) is 40.4 Å². The summed E-state index contributed by atoms with van der Waals surface area (Å²) in [7, 11) is 6.60. The van der Waals surface area contributed by atoms with Crippen LogP contribution in [0.15, 0.2) is 164 Å². The van der Waals surface area contributed by atoms with E-state index in [1.807, 2.05) is 84.9 Å². The van der Waals surface area contributed by atoms with Gasteiger partial charge in [0.2, 0.25) is 0 Å². The van der Waals surface area contributed by atoms with Crippen molar-refractivity contribution in [1.82, 2.24) is 0 Å². The van der Waals surface area contributed by atoms with Crippen LogP contribution in [0.4, 0.5) is 0 Å². The highest BCUT2D eigenvalue weighted by Crippen LogP contribution is 2.60. The Labute approximate surface area is 457 Å². The maximum atomic E-state index is 14.2. The second-order valence-electron chi connectivity index (χ2n) is 20.8. The van der Waals surface area contributed by atoms with Crippen LogP contribution in [0.2, 0.25) is 0 Å². The summed E-state index contributed by atoms with van der Waals surface area (Å²) in [6, 6.07) is 50.6. The first-order valence-electron chi connectivity index (χ1n) is 27.4. The number of unbranched alkanes of at least 4 members (excludes halogenated alkanes) is 2. The van der Waals surface area contributed by atoms with Crippen LogP contribution in [0.25, 0.3) is 39.1 Å². The highest BCUT2D eigenvalue weighted by atomic mass is 16.6. The molecule has 1 fully saturated rings. The van der Waals surface area contributed by atoms with Crippen molar-refractivity contribution < 1.29 is 42.7 Å². The Bertz CT molecular complexity index is 3440.